The number of carbonyl (C=O) groups excluding carboxylic acids is 2. The summed E-state index contributed by atoms with van der Waals surface area (Å²) in [5.74, 6) is -2.93. The Balaban J connectivity index is 2.01. The van der Waals surface area contributed by atoms with Gasteiger partial charge in [-0.15, -0.1) is 0 Å². The summed E-state index contributed by atoms with van der Waals surface area (Å²) in [6, 6.07) is 5.25. The molecule has 1 atom stereocenters. The van der Waals surface area contributed by atoms with Crippen molar-refractivity contribution in [2.24, 2.45) is 0 Å². The Morgan fingerprint density at radius 3 is 2.24 bits per heavy atom. The second-order valence-corrected chi connectivity index (χ2v) is 5.71. The van der Waals surface area contributed by atoms with Crippen molar-refractivity contribution in [3.05, 3.63) is 70.7 Å². The Hall–Kier alpha value is -3.35. The summed E-state index contributed by atoms with van der Waals surface area (Å²) in [6.07, 6.45) is 3.58. The van der Waals surface area contributed by atoms with Gasteiger partial charge in [-0.05, 0) is 23.8 Å². The van der Waals surface area contributed by atoms with Crippen LogP contribution in [0.2, 0.25) is 0 Å². The zero-order valence-electron chi connectivity index (χ0n) is 13.0. The first-order chi connectivity index (χ1) is 11.9. The molecule has 0 radical (unpaired) electrons. The zero-order valence-corrected chi connectivity index (χ0v) is 13.0. The number of carboxylic acid groups (broad SMARTS) is 1. The molecule has 1 aliphatic carbocycles. The third-order valence-electron chi connectivity index (χ3n) is 4.15. The van der Waals surface area contributed by atoms with Crippen LogP contribution in [0.5, 0.6) is 0 Å². The van der Waals surface area contributed by atoms with Gasteiger partial charge in [-0.2, -0.15) is 0 Å². The molecule has 1 unspecified atom stereocenters. The molecule has 0 saturated heterocycles. The molecular formula is C18H15NO6. The van der Waals surface area contributed by atoms with Crippen LogP contribution in [0, 0.1) is 0 Å². The second-order valence-electron chi connectivity index (χ2n) is 5.71. The van der Waals surface area contributed by atoms with Gasteiger partial charge in [-0.1, -0.05) is 24.3 Å². The standard InChI is InChI=1S/C18H15NO6/c20-14-7-5-10(6-8-15(14)21)13(9-16(22)23)19-17(24)11-3-1-2-4-12(11)18(19)25/h1-7,13,20-21H,8-9H2,(H,22,23). The molecule has 1 aromatic carbocycles. The summed E-state index contributed by atoms with van der Waals surface area (Å²) < 4.78 is 0. The van der Waals surface area contributed by atoms with E-state index in [-0.39, 0.29) is 29.1 Å². The molecule has 1 heterocycles. The summed E-state index contributed by atoms with van der Waals surface area (Å²) in [6.45, 7) is 0. The quantitative estimate of drug-likeness (QED) is 0.724. The number of fused-ring (bicyclic) bond motifs is 1. The van der Waals surface area contributed by atoms with Gasteiger partial charge in [0.15, 0.2) is 5.76 Å². The minimum atomic E-state index is -1.18. The van der Waals surface area contributed by atoms with E-state index in [0.717, 1.165) is 4.90 Å². The Labute approximate surface area is 142 Å². The van der Waals surface area contributed by atoms with E-state index in [4.69, 9.17) is 0 Å². The molecule has 3 rings (SSSR count). The summed E-state index contributed by atoms with van der Waals surface area (Å²) in [5, 5.41) is 28.4. The topological polar surface area (TPSA) is 115 Å². The van der Waals surface area contributed by atoms with Gasteiger partial charge in [0.2, 0.25) is 0 Å². The number of carbonyl (C=O) groups is 3. The molecule has 128 valence electrons. The Morgan fingerprint density at radius 2 is 1.68 bits per heavy atom. The fraction of sp³-hybridized carbons (Fsp3) is 0.167. The summed E-state index contributed by atoms with van der Waals surface area (Å²) in [7, 11) is 0. The van der Waals surface area contributed by atoms with Gasteiger partial charge < -0.3 is 15.3 Å². The molecule has 2 aliphatic rings. The maximum absolute atomic E-state index is 12.6. The van der Waals surface area contributed by atoms with Gasteiger partial charge in [0.1, 0.15) is 5.76 Å². The normalized spacial score (nSPS) is 18.1. The largest absolute Gasteiger partial charge is 0.508 e. The number of aliphatic carboxylic acids is 1. The Morgan fingerprint density at radius 1 is 1.08 bits per heavy atom. The lowest BCUT2D eigenvalue weighted by molar-refractivity contribution is -0.137. The lowest BCUT2D eigenvalue weighted by Crippen LogP contribution is -2.42. The van der Waals surface area contributed by atoms with Gasteiger partial charge in [-0.25, -0.2) is 0 Å². The van der Waals surface area contributed by atoms with Crippen LogP contribution in [-0.2, 0) is 4.79 Å². The highest BCUT2D eigenvalue weighted by atomic mass is 16.4. The van der Waals surface area contributed by atoms with Gasteiger partial charge in [0, 0.05) is 6.42 Å². The van der Waals surface area contributed by atoms with Crippen molar-refractivity contribution in [3.8, 4) is 0 Å². The van der Waals surface area contributed by atoms with E-state index < -0.39 is 30.2 Å². The van der Waals surface area contributed by atoms with Crippen molar-refractivity contribution in [2.45, 2.75) is 18.9 Å². The molecule has 25 heavy (non-hydrogen) atoms. The van der Waals surface area contributed by atoms with E-state index in [1.54, 1.807) is 12.1 Å². The minimum Gasteiger partial charge on any atom is -0.508 e. The van der Waals surface area contributed by atoms with Crippen molar-refractivity contribution in [1.29, 1.82) is 0 Å². The first kappa shape index (κ1) is 16.5. The molecule has 0 bridgehead atoms. The molecule has 1 aromatic rings. The van der Waals surface area contributed by atoms with E-state index in [2.05, 4.69) is 0 Å². The third-order valence-corrected chi connectivity index (χ3v) is 4.15. The van der Waals surface area contributed by atoms with E-state index >= 15 is 0 Å². The highest BCUT2D eigenvalue weighted by Crippen LogP contribution is 2.30. The molecule has 0 saturated carbocycles. The van der Waals surface area contributed by atoms with Crippen LogP contribution in [0.3, 0.4) is 0 Å². The predicted molar refractivity (Wildman–Crippen MR) is 87.1 cm³/mol. The number of aliphatic hydroxyl groups excluding tert-OH is 2. The van der Waals surface area contributed by atoms with Crippen LogP contribution in [0.15, 0.2) is 59.6 Å². The van der Waals surface area contributed by atoms with Crippen molar-refractivity contribution >= 4 is 17.8 Å². The number of aliphatic hydroxyl groups is 2. The number of hydrogen-bond acceptors (Lipinski definition) is 5. The van der Waals surface area contributed by atoms with E-state index in [1.165, 1.54) is 30.4 Å². The molecule has 7 heteroatoms. The number of rotatable bonds is 4. The average molecular weight is 341 g/mol. The Kier molecular flexibility index (Phi) is 4.14. The van der Waals surface area contributed by atoms with Crippen molar-refractivity contribution < 1.29 is 29.7 Å². The average Bonchev–Trinajstić information content (AvgIpc) is 2.71. The number of allylic oxidation sites excluding steroid dienone is 2. The molecule has 0 spiro atoms. The minimum absolute atomic E-state index is 0.0343. The number of imide groups is 1. The molecule has 7 nitrogen and oxygen atoms in total. The molecule has 0 aromatic heterocycles. The van der Waals surface area contributed by atoms with Crippen LogP contribution >= 0.6 is 0 Å². The molecule has 0 fully saturated rings. The van der Waals surface area contributed by atoms with Crippen LogP contribution in [0.1, 0.15) is 33.6 Å². The Bertz CT molecular complexity index is 829. The highest BCUT2D eigenvalue weighted by molar-refractivity contribution is 6.21. The van der Waals surface area contributed by atoms with E-state index in [0.29, 0.717) is 5.57 Å². The van der Waals surface area contributed by atoms with Crippen LogP contribution in [-0.4, -0.2) is 44.0 Å². The maximum Gasteiger partial charge on any atom is 0.305 e. The number of nitrogens with zero attached hydrogens (tertiary/aromatic N) is 1. The number of benzene rings is 1. The first-order valence-electron chi connectivity index (χ1n) is 7.58. The highest BCUT2D eigenvalue weighted by Gasteiger charge is 2.41. The molecule has 2 amide bonds. The van der Waals surface area contributed by atoms with Gasteiger partial charge >= 0.3 is 5.97 Å². The van der Waals surface area contributed by atoms with Crippen molar-refractivity contribution in [3.63, 3.8) is 0 Å². The molecule has 3 N–H and O–H groups in total. The number of hydrogen-bond donors (Lipinski definition) is 3. The fourth-order valence-electron chi connectivity index (χ4n) is 2.92. The van der Waals surface area contributed by atoms with Crippen molar-refractivity contribution in [2.75, 3.05) is 0 Å². The lowest BCUT2D eigenvalue weighted by atomic mass is 10.0. The summed E-state index contributed by atoms with van der Waals surface area (Å²) >= 11 is 0. The third kappa shape index (κ3) is 2.91. The van der Waals surface area contributed by atoms with Crippen LogP contribution in [0.4, 0.5) is 0 Å². The molecular weight excluding hydrogens is 326 g/mol. The number of carboxylic acids is 1. The van der Waals surface area contributed by atoms with Gasteiger partial charge in [0.05, 0.1) is 23.6 Å². The van der Waals surface area contributed by atoms with Gasteiger partial charge in [0.25, 0.3) is 11.8 Å². The smallest absolute Gasteiger partial charge is 0.305 e. The summed E-state index contributed by atoms with van der Waals surface area (Å²) in [4.78, 5) is 37.5. The van der Waals surface area contributed by atoms with Crippen LogP contribution < -0.4 is 0 Å². The first-order valence-corrected chi connectivity index (χ1v) is 7.58. The SMILES string of the molecule is O=C(O)CC(C1=CCC(O)=C(O)C=C1)N1C(=O)c2ccccc2C1=O. The predicted octanol–water partition coefficient (Wildman–Crippen LogP) is 2.34. The second kappa shape index (κ2) is 6.27. The zero-order chi connectivity index (χ0) is 18.1. The fourth-order valence-corrected chi connectivity index (χ4v) is 2.92. The monoisotopic (exact) mass is 341 g/mol. The maximum atomic E-state index is 12.6. The number of amides is 2. The lowest BCUT2D eigenvalue weighted by Gasteiger charge is -2.26. The van der Waals surface area contributed by atoms with Crippen molar-refractivity contribution in [1.82, 2.24) is 4.90 Å². The van der Waals surface area contributed by atoms with Crippen LogP contribution in [0.25, 0.3) is 0 Å². The van der Waals surface area contributed by atoms with Gasteiger partial charge in [-0.3, -0.25) is 19.3 Å². The molecule has 1 aliphatic heterocycles. The van der Waals surface area contributed by atoms with E-state index in [1.807, 2.05) is 0 Å². The summed E-state index contributed by atoms with van der Waals surface area (Å²) in [5.41, 5.74) is 0.808. The van der Waals surface area contributed by atoms with E-state index in [9.17, 15) is 29.7 Å².